The fourth-order valence-electron chi connectivity index (χ4n) is 2.73. The Bertz CT molecular complexity index is 797. The van der Waals surface area contributed by atoms with Crippen LogP contribution in [0.5, 0.6) is 0 Å². The van der Waals surface area contributed by atoms with Crippen molar-refractivity contribution >= 4 is 5.91 Å². The van der Waals surface area contributed by atoms with Gasteiger partial charge in [-0.15, -0.1) is 0 Å². The highest BCUT2D eigenvalue weighted by molar-refractivity contribution is 5.85. The fraction of sp³-hybridized carbons (Fsp3) is 0.375. The minimum atomic E-state index is -5.06. The maximum atomic E-state index is 13.0. The van der Waals surface area contributed by atoms with Crippen LogP contribution in [0.2, 0.25) is 0 Å². The largest absolute Gasteiger partial charge is 0.426 e. The molecule has 3 rings (SSSR count). The van der Waals surface area contributed by atoms with Gasteiger partial charge in [0.1, 0.15) is 5.82 Å². The van der Waals surface area contributed by atoms with E-state index in [4.69, 9.17) is 0 Å². The molecule has 2 aromatic rings. The zero-order valence-corrected chi connectivity index (χ0v) is 13.2. The molecule has 0 radical (unpaired) electrons. The molecule has 25 heavy (non-hydrogen) atoms. The molecular weight excluding hydrogens is 342 g/mol. The van der Waals surface area contributed by atoms with E-state index in [1.54, 1.807) is 16.7 Å². The normalized spacial score (nSPS) is 17.1. The maximum Gasteiger partial charge on any atom is 0.426 e. The fourth-order valence-corrected chi connectivity index (χ4v) is 2.73. The quantitative estimate of drug-likeness (QED) is 0.839. The lowest BCUT2D eigenvalue weighted by Gasteiger charge is -2.34. The van der Waals surface area contributed by atoms with Crippen LogP contribution < -0.4 is 0 Å². The highest BCUT2D eigenvalue weighted by Gasteiger charge is 2.57. The van der Waals surface area contributed by atoms with Crippen molar-refractivity contribution in [2.75, 3.05) is 6.54 Å². The first-order chi connectivity index (χ1) is 11.6. The van der Waals surface area contributed by atoms with Crippen molar-refractivity contribution in [3.05, 3.63) is 47.8 Å². The van der Waals surface area contributed by atoms with Crippen molar-refractivity contribution in [1.82, 2.24) is 14.5 Å². The molecule has 1 atom stereocenters. The van der Waals surface area contributed by atoms with Gasteiger partial charge in [0.25, 0.3) is 5.91 Å². The van der Waals surface area contributed by atoms with Crippen LogP contribution in [-0.4, -0.2) is 43.8 Å². The molecule has 0 aliphatic carbocycles. The number of aromatic nitrogens is 2. The number of hydrogen-bond acceptors (Lipinski definition) is 3. The summed E-state index contributed by atoms with van der Waals surface area (Å²) < 4.78 is 53.3. The molecule has 0 saturated heterocycles. The first-order valence-electron chi connectivity index (χ1n) is 7.51. The summed E-state index contributed by atoms with van der Waals surface area (Å²) in [5, 5.41) is 9.55. The molecule has 5 nitrogen and oxygen atoms in total. The SMILES string of the molecule is C[C@@](O)(C(=O)N1CCc2c(ncn2-c2ccc(F)cc2)C1)C(F)(F)F. The molecule has 1 N–H and O–H groups in total. The third-order valence-electron chi connectivity index (χ3n) is 4.27. The lowest BCUT2D eigenvalue weighted by Crippen LogP contribution is -2.56. The summed E-state index contributed by atoms with van der Waals surface area (Å²) in [6.07, 6.45) is -3.31. The molecule has 9 heteroatoms. The molecule has 1 aliphatic rings. The number of carbonyl (C=O) groups excluding carboxylic acids is 1. The van der Waals surface area contributed by atoms with E-state index in [1.165, 1.54) is 18.5 Å². The van der Waals surface area contributed by atoms with E-state index < -0.39 is 17.7 Å². The molecule has 0 spiro atoms. The minimum absolute atomic E-state index is 0.0188. The van der Waals surface area contributed by atoms with Crippen LogP contribution in [-0.2, 0) is 17.8 Å². The number of nitrogens with zero attached hydrogens (tertiary/aromatic N) is 3. The van der Waals surface area contributed by atoms with Crippen molar-refractivity contribution in [2.24, 2.45) is 0 Å². The van der Waals surface area contributed by atoms with E-state index in [9.17, 15) is 27.5 Å². The Morgan fingerprint density at radius 2 is 1.88 bits per heavy atom. The highest BCUT2D eigenvalue weighted by atomic mass is 19.4. The van der Waals surface area contributed by atoms with Crippen LogP contribution in [0.15, 0.2) is 30.6 Å². The third kappa shape index (κ3) is 2.99. The molecule has 0 unspecified atom stereocenters. The topological polar surface area (TPSA) is 58.4 Å². The molecule has 1 aromatic heterocycles. The van der Waals surface area contributed by atoms with Crippen LogP contribution in [0.4, 0.5) is 17.6 Å². The van der Waals surface area contributed by atoms with Gasteiger partial charge in [-0.25, -0.2) is 9.37 Å². The number of aliphatic hydroxyl groups is 1. The van der Waals surface area contributed by atoms with Gasteiger partial charge in [0.05, 0.1) is 18.6 Å². The van der Waals surface area contributed by atoms with Crippen LogP contribution in [0.3, 0.4) is 0 Å². The second-order valence-electron chi connectivity index (χ2n) is 6.03. The summed E-state index contributed by atoms with van der Waals surface area (Å²) in [6, 6.07) is 5.70. The summed E-state index contributed by atoms with van der Waals surface area (Å²) in [5.41, 5.74) is -1.59. The van der Waals surface area contributed by atoms with Crippen LogP contribution >= 0.6 is 0 Å². The lowest BCUT2D eigenvalue weighted by atomic mass is 10.0. The Balaban J connectivity index is 1.84. The van der Waals surface area contributed by atoms with Crippen molar-refractivity contribution in [2.45, 2.75) is 31.7 Å². The van der Waals surface area contributed by atoms with Crippen molar-refractivity contribution < 1.29 is 27.5 Å². The first kappa shape index (κ1) is 17.4. The molecule has 0 bridgehead atoms. The molecular formula is C16H15F4N3O2. The monoisotopic (exact) mass is 357 g/mol. The van der Waals surface area contributed by atoms with E-state index in [1.807, 2.05) is 0 Å². The van der Waals surface area contributed by atoms with Crippen LogP contribution in [0, 0.1) is 5.82 Å². The van der Waals surface area contributed by atoms with Gasteiger partial charge in [0, 0.05) is 24.3 Å². The van der Waals surface area contributed by atoms with Gasteiger partial charge >= 0.3 is 6.18 Å². The van der Waals surface area contributed by atoms with Crippen LogP contribution in [0.1, 0.15) is 18.3 Å². The van der Waals surface area contributed by atoms with Gasteiger partial charge in [0.2, 0.25) is 5.60 Å². The van der Waals surface area contributed by atoms with E-state index >= 15 is 0 Å². The molecule has 1 aromatic carbocycles. The summed E-state index contributed by atoms with van der Waals surface area (Å²) >= 11 is 0. The molecule has 134 valence electrons. The Morgan fingerprint density at radius 3 is 2.48 bits per heavy atom. The predicted molar refractivity (Wildman–Crippen MR) is 79.3 cm³/mol. The van der Waals surface area contributed by atoms with E-state index in [-0.39, 0.29) is 25.3 Å². The zero-order chi connectivity index (χ0) is 18.4. The average Bonchev–Trinajstić information content (AvgIpc) is 2.97. The standard InChI is InChI=1S/C16H15F4N3O2/c1-15(25,16(18,19)20)14(24)22-7-6-13-12(8-22)21-9-23(13)11-4-2-10(17)3-5-11/h2-5,9,25H,6-8H2,1H3/t15-/m1/s1. The number of rotatable bonds is 2. The third-order valence-corrected chi connectivity index (χ3v) is 4.27. The molecule has 1 amide bonds. The maximum absolute atomic E-state index is 13.0. The van der Waals surface area contributed by atoms with Gasteiger partial charge in [0.15, 0.2) is 0 Å². The smallest absolute Gasteiger partial charge is 0.373 e. The number of amides is 1. The molecule has 0 saturated carbocycles. The summed E-state index contributed by atoms with van der Waals surface area (Å²) in [7, 11) is 0. The Hall–Kier alpha value is -2.42. The Kier molecular flexibility index (Phi) is 4.06. The number of benzene rings is 1. The Morgan fingerprint density at radius 1 is 1.24 bits per heavy atom. The minimum Gasteiger partial charge on any atom is -0.373 e. The molecule has 2 heterocycles. The highest BCUT2D eigenvalue weighted by Crippen LogP contribution is 2.33. The van der Waals surface area contributed by atoms with Gasteiger partial charge in [-0.2, -0.15) is 13.2 Å². The number of halogens is 4. The summed E-state index contributed by atoms with van der Waals surface area (Å²) in [4.78, 5) is 17.2. The second kappa shape index (κ2) is 5.83. The molecule has 1 aliphatic heterocycles. The van der Waals surface area contributed by atoms with Crippen molar-refractivity contribution in [3.8, 4) is 5.69 Å². The number of alkyl halides is 3. The Labute approximate surface area is 140 Å². The van der Waals surface area contributed by atoms with Gasteiger partial charge in [-0.3, -0.25) is 4.79 Å². The van der Waals surface area contributed by atoms with Gasteiger partial charge < -0.3 is 14.6 Å². The predicted octanol–water partition coefficient (Wildman–Crippen LogP) is 2.21. The zero-order valence-electron chi connectivity index (χ0n) is 13.2. The van der Waals surface area contributed by atoms with Crippen LogP contribution in [0.25, 0.3) is 5.69 Å². The van der Waals surface area contributed by atoms with E-state index in [2.05, 4.69) is 4.98 Å². The number of carbonyl (C=O) groups is 1. The van der Waals surface area contributed by atoms with E-state index in [0.29, 0.717) is 18.3 Å². The lowest BCUT2D eigenvalue weighted by molar-refractivity contribution is -0.250. The first-order valence-corrected chi connectivity index (χ1v) is 7.51. The van der Waals surface area contributed by atoms with Crippen molar-refractivity contribution in [1.29, 1.82) is 0 Å². The van der Waals surface area contributed by atoms with E-state index in [0.717, 1.165) is 10.6 Å². The number of hydrogen-bond donors (Lipinski definition) is 1. The number of fused-ring (bicyclic) bond motifs is 1. The summed E-state index contributed by atoms with van der Waals surface area (Å²) in [5.74, 6) is -1.79. The van der Waals surface area contributed by atoms with Crippen molar-refractivity contribution in [3.63, 3.8) is 0 Å². The van der Waals surface area contributed by atoms with Gasteiger partial charge in [-0.05, 0) is 31.2 Å². The number of imidazole rings is 1. The summed E-state index contributed by atoms with van der Waals surface area (Å²) in [6.45, 7) is 0.335. The average molecular weight is 357 g/mol. The second-order valence-corrected chi connectivity index (χ2v) is 6.03. The molecule has 0 fully saturated rings. The van der Waals surface area contributed by atoms with Gasteiger partial charge in [-0.1, -0.05) is 0 Å².